The van der Waals surface area contributed by atoms with Crippen LogP contribution in [0.5, 0.6) is 5.75 Å². The fraction of sp³-hybridized carbons (Fsp3) is 0.174. The zero-order chi connectivity index (χ0) is 24.4. The average molecular weight is 498 g/mol. The van der Waals surface area contributed by atoms with E-state index in [0.717, 1.165) is 0 Å². The number of para-hydroxylation sites is 1. The molecule has 0 unspecified atom stereocenters. The largest absolute Gasteiger partial charge is 0.573 e. The van der Waals surface area contributed by atoms with Crippen LogP contribution in [0.4, 0.5) is 13.2 Å². The Labute approximate surface area is 194 Å². The second-order valence-electron chi connectivity index (χ2n) is 7.29. The summed E-state index contributed by atoms with van der Waals surface area (Å²) < 4.78 is 65.6. The van der Waals surface area contributed by atoms with Crippen LogP contribution in [-0.2, 0) is 22.3 Å². The summed E-state index contributed by atoms with van der Waals surface area (Å²) in [5, 5.41) is 5.16. The topological polar surface area (TPSA) is 86.5 Å². The fourth-order valence-corrected chi connectivity index (χ4v) is 4.46. The second kappa shape index (κ2) is 9.54. The van der Waals surface area contributed by atoms with Crippen molar-refractivity contribution >= 4 is 27.4 Å². The van der Waals surface area contributed by atoms with Crippen LogP contribution in [0.1, 0.15) is 27.0 Å². The lowest BCUT2D eigenvalue weighted by Gasteiger charge is -2.16. The van der Waals surface area contributed by atoms with E-state index >= 15 is 0 Å². The number of alkyl halides is 4. The van der Waals surface area contributed by atoms with E-state index in [1.807, 2.05) is 0 Å². The monoisotopic (exact) mass is 497 g/mol. The molecule has 0 bridgehead atoms. The van der Waals surface area contributed by atoms with Gasteiger partial charge in [-0.15, -0.1) is 24.8 Å². The molecule has 0 atom stereocenters. The quantitative estimate of drug-likeness (QED) is 0.351. The molecule has 2 N–H and O–H groups in total. The first-order valence-electron chi connectivity index (χ1n) is 9.58. The Morgan fingerprint density at radius 1 is 1.03 bits per heavy atom. The minimum atomic E-state index is -4.86. The predicted octanol–water partition coefficient (Wildman–Crippen LogP) is 5.37. The van der Waals surface area contributed by atoms with Gasteiger partial charge in [0.05, 0.1) is 4.90 Å². The van der Waals surface area contributed by atoms with Gasteiger partial charge in [-0.05, 0) is 47.4 Å². The first-order chi connectivity index (χ1) is 15.4. The molecule has 0 heterocycles. The molecule has 10 heteroatoms. The number of primary sulfonamides is 1. The highest BCUT2D eigenvalue weighted by atomic mass is 35.5. The van der Waals surface area contributed by atoms with Crippen LogP contribution < -0.4 is 9.88 Å². The lowest BCUT2D eigenvalue weighted by atomic mass is 9.94. The average Bonchev–Trinajstić information content (AvgIpc) is 2.71. The van der Waals surface area contributed by atoms with Gasteiger partial charge in [0, 0.05) is 23.4 Å². The maximum atomic E-state index is 12.8. The number of hydrogen-bond donors (Lipinski definition) is 1. The Hall–Kier alpha value is -2.88. The van der Waals surface area contributed by atoms with Crippen LogP contribution in [0.15, 0.2) is 65.6 Å². The Morgan fingerprint density at radius 3 is 2.33 bits per heavy atom. The van der Waals surface area contributed by atoms with Crippen LogP contribution in [0, 0.1) is 6.92 Å². The third kappa shape index (κ3) is 6.13. The van der Waals surface area contributed by atoms with Crippen molar-refractivity contribution < 1.29 is 31.1 Å². The molecule has 0 saturated carbocycles. The number of benzene rings is 3. The predicted molar refractivity (Wildman–Crippen MR) is 119 cm³/mol. The van der Waals surface area contributed by atoms with E-state index in [4.69, 9.17) is 16.7 Å². The molecule has 3 aromatic rings. The SMILES string of the molecule is Cc1cc(CC(=O)c2ccc(-c3ccccc3OC(F)(F)F)c(CCl)c2)ccc1S(N)(=O)=O. The highest BCUT2D eigenvalue weighted by Gasteiger charge is 2.32. The molecule has 0 aromatic heterocycles. The lowest BCUT2D eigenvalue weighted by molar-refractivity contribution is -0.274. The minimum Gasteiger partial charge on any atom is -0.405 e. The van der Waals surface area contributed by atoms with Crippen LogP contribution >= 0.6 is 11.6 Å². The van der Waals surface area contributed by atoms with E-state index in [1.165, 1.54) is 48.5 Å². The summed E-state index contributed by atoms with van der Waals surface area (Å²) in [5.41, 5.74) is 2.39. The van der Waals surface area contributed by atoms with Crippen LogP contribution in [0.25, 0.3) is 11.1 Å². The molecule has 33 heavy (non-hydrogen) atoms. The number of carbonyl (C=O) groups excluding carboxylic acids is 1. The summed E-state index contributed by atoms with van der Waals surface area (Å²) in [6.07, 6.45) is -4.87. The standard InChI is InChI=1S/C23H19ClF3NO4S/c1-14-10-15(6-9-22(14)33(28,30)31)11-20(29)16-7-8-18(17(12-16)13-24)19-4-2-3-5-21(19)32-23(25,26)27/h2-10,12H,11,13H2,1H3,(H2,28,30,31). The van der Waals surface area contributed by atoms with Gasteiger partial charge in [0.15, 0.2) is 5.78 Å². The van der Waals surface area contributed by atoms with Gasteiger partial charge in [-0.25, -0.2) is 13.6 Å². The van der Waals surface area contributed by atoms with Crippen molar-refractivity contribution in [1.82, 2.24) is 0 Å². The summed E-state index contributed by atoms with van der Waals surface area (Å²) in [6.45, 7) is 1.58. The zero-order valence-electron chi connectivity index (χ0n) is 17.3. The van der Waals surface area contributed by atoms with Gasteiger partial charge < -0.3 is 4.74 Å². The summed E-state index contributed by atoms with van der Waals surface area (Å²) >= 11 is 6.04. The molecule has 0 aliphatic heterocycles. The molecular weight excluding hydrogens is 479 g/mol. The second-order valence-corrected chi connectivity index (χ2v) is 9.09. The van der Waals surface area contributed by atoms with Gasteiger partial charge >= 0.3 is 6.36 Å². The molecule has 5 nitrogen and oxygen atoms in total. The Kier molecular flexibility index (Phi) is 7.16. The van der Waals surface area contributed by atoms with Gasteiger partial charge in [-0.2, -0.15) is 0 Å². The molecular formula is C23H19ClF3NO4S. The molecule has 0 radical (unpaired) electrons. The van der Waals surface area contributed by atoms with Crippen molar-refractivity contribution in [2.75, 3.05) is 0 Å². The van der Waals surface area contributed by atoms with Crippen molar-refractivity contribution in [2.24, 2.45) is 5.14 Å². The summed E-state index contributed by atoms with van der Waals surface area (Å²) in [5.74, 6) is -0.685. The van der Waals surface area contributed by atoms with E-state index in [9.17, 15) is 26.4 Å². The lowest BCUT2D eigenvalue weighted by Crippen LogP contribution is -2.17. The van der Waals surface area contributed by atoms with E-state index in [1.54, 1.807) is 19.1 Å². The van der Waals surface area contributed by atoms with Crippen molar-refractivity contribution in [3.05, 3.63) is 82.9 Å². The van der Waals surface area contributed by atoms with Gasteiger partial charge in [-0.3, -0.25) is 4.79 Å². The first kappa shape index (κ1) is 24.8. The Balaban J connectivity index is 1.91. The van der Waals surface area contributed by atoms with E-state index in [-0.39, 0.29) is 34.3 Å². The number of nitrogens with two attached hydrogens (primary N) is 1. The number of carbonyl (C=O) groups is 1. The third-order valence-corrected chi connectivity index (χ3v) is 6.24. The molecule has 174 valence electrons. The van der Waals surface area contributed by atoms with E-state index < -0.39 is 16.4 Å². The van der Waals surface area contributed by atoms with Crippen LogP contribution in [0.3, 0.4) is 0 Å². The molecule has 3 rings (SSSR count). The first-order valence-corrected chi connectivity index (χ1v) is 11.7. The summed E-state index contributed by atoms with van der Waals surface area (Å²) in [7, 11) is -3.87. The number of sulfonamides is 1. The zero-order valence-corrected chi connectivity index (χ0v) is 18.9. The van der Waals surface area contributed by atoms with Crippen molar-refractivity contribution in [1.29, 1.82) is 0 Å². The Morgan fingerprint density at radius 2 is 1.73 bits per heavy atom. The van der Waals surface area contributed by atoms with Crippen LogP contribution in [0.2, 0.25) is 0 Å². The number of ketones is 1. The normalized spacial score (nSPS) is 11.9. The molecule has 0 aliphatic carbocycles. The Bertz CT molecular complexity index is 1310. The summed E-state index contributed by atoms with van der Waals surface area (Å²) in [4.78, 5) is 12.8. The smallest absolute Gasteiger partial charge is 0.405 e. The van der Waals surface area contributed by atoms with Crippen molar-refractivity contribution in [3.63, 3.8) is 0 Å². The van der Waals surface area contributed by atoms with Crippen LogP contribution in [-0.4, -0.2) is 20.6 Å². The van der Waals surface area contributed by atoms with E-state index in [0.29, 0.717) is 27.8 Å². The maximum Gasteiger partial charge on any atom is 0.573 e. The molecule has 0 spiro atoms. The van der Waals surface area contributed by atoms with Gasteiger partial charge in [0.1, 0.15) is 5.75 Å². The number of ether oxygens (including phenoxy) is 1. The number of aryl methyl sites for hydroxylation is 1. The maximum absolute atomic E-state index is 12.8. The molecule has 0 fully saturated rings. The minimum absolute atomic E-state index is 0.0133. The molecule has 0 saturated heterocycles. The number of hydrogen-bond acceptors (Lipinski definition) is 4. The van der Waals surface area contributed by atoms with Crippen molar-refractivity contribution in [3.8, 4) is 16.9 Å². The van der Waals surface area contributed by atoms with E-state index in [2.05, 4.69) is 4.74 Å². The molecule has 0 aliphatic rings. The molecule has 3 aromatic carbocycles. The third-order valence-electron chi connectivity index (χ3n) is 4.88. The van der Waals surface area contributed by atoms with Gasteiger partial charge in [-0.1, -0.05) is 42.5 Å². The van der Waals surface area contributed by atoms with Gasteiger partial charge in [0.25, 0.3) is 0 Å². The highest BCUT2D eigenvalue weighted by molar-refractivity contribution is 7.89. The number of halogens is 4. The van der Waals surface area contributed by atoms with Crippen molar-refractivity contribution in [2.45, 2.75) is 30.5 Å². The number of Topliss-reactive ketones (excluding diaryl/α,β-unsaturated/α-hetero) is 1. The summed E-state index contributed by atoms with van der Waals surface area (Å²) in [6, 6.07) is 14.7. The highest BCUT2D eigenvalue weighted by Crippen LogP contribution is 2.36. The number of rotatable bonds is 7. The van der Waals surface area contributed by atoms with Gasteiger partial charge in [0.2, 0.25) is 10.0 Å². The fourth-order valence-electron chi connectivity index (χ4n) is 3.47. The molecule has 0 amide bonds.